The Labute approximate surface area is 527 Å². The van der Waals surface area contributed by atoms with Crippen LogP contribution in [0.15, 0.2) is 0 Å². The number of carboxylic acids is 3. The van der Waals surface area contributed by atoms with Crippen molar-refractivity contribution in [2.75, 3.05) is 33.0 Å². The molecule has 94 heavy (non-hydrogen) atoms. The van der Waals surface area contributed by atoms with E-state index in [1.165, 1.54) is 0 Å². The fraction of sp³-hybridized carbons (Fsp3) is 0.941. The van der Waals surface area contributed by atoms with Crippen LogP contribution in [0.4, 0.5) is 0 Å². The third kappa shape index (κ3) is 15.5. The fourth-order valence-electron chi connectivity index (χ4n) is 12.5. The van der Waals surface area contributed by atoms with Gasteiger partial charge in [-0.25, -0.2) is 0 Å². The lowest BCUT2D eigenvalue weighted by molar-refractivity contribution is -0.402. The lowest BCUT2D eigenvalue weighted by atomic mass is 9.93. The zero-order valence-corrected chi connectivity index (χ0v) is 48.7. The Bertz CT molecular complexity index is 2450. The van der Waals surface area contributed by atoms with E-state index in [0.717, 1.165) is 0 Å². The van der Waals surface area contributed by atoms with Crippen molar-refractivity contribution in [1.82, 2.24) is 0 Å². The van der Waals surface area contributed by atoms with Crippen molar-refractivity contribution in [3.8, 4) is 0 Å². The van der Waals surface area contributed by atoms with Crippen LogP contribution in [0, 0.1) is 0 Å². The average Bonchev–Trinajstić information content (AvgIpc) is 0.784. The minimum Gasteiger partial charge on any atom is -0.481 e. The van der Waals surface area contributed by atoms with Crippen LogP contribution in [0.25, 0.3) is 0 Å². The SMILES string of the molecule is O=C(O)C[C@H]1O[C@@H]2O[C@H]3[C@H](O)[C@@H](O)[C@@H](O[C@H]4[C@H](O)[C@@H](O)[C@@H](O[C@H]5[C@H](O)[C@@H](O)[C@@H](O[C@H]6[C@H](O)[C@@H](O)[C@@H](O[C@H]7[C@H](O)[C@@H](O)[C@@H](O[C@H]8[C@H](O)[C@@H](O)[C@@H](O[C@H]9[C@H](O)[C@@H](O)[C@@H](O[C@H]1[C@H](O)[C@H]2O)O[C@@H]9CO)O[C@@H]8CO)O[C@@H]7CO)O[C@@H]6CC(=O)O)O[C@@H]5CC(=O)O)O[C@@H]4CO)O[C@@H]3CO. The largest absolute Gasteiger partial charge is 0.481 e. The molecule has 30 aliphatic rings. The summed E-state index contributed by atoms with van der Waals surface area (Å²) in [6, 6.07) is 0. The number of rotatable bonds is 11. The van der Waals surface area contributed by atoms with Crippen LogP contribution < -0.4 is 0 Å². The first-order chi connectivity index (χ1) is 44.5. The number of carbonyl (C=O) groups is 3. The molecule has 0 saturated carbocycles. The highest BCUT2D eigenvalue weighted by atomic mass is 16.8. The van der Waals surface area contributed by atoms with Crippen LogP contribution in [0.5, 0.6) is 0 Å². The average molecular weight is 1380 g/mol. The van der Waals surface area contributed by atoms with Gasteiger partial charge in [0.15, 0.2) is 50.3 Å². The highest BCUT2D eigenvalue weighted by Gasteiger charge is 2.61. The summed E-state index contributed by atoms with van der Waals surface area (Å²) < 4.78 is 91.0. The molecule has 30 fully saturated rings. The maximum atomic E-state index is 12.2. The summed E-state index contributed by atoms with van der Waals surface area (Å²) in [6.45, 7) is -5.78. The minimum absolute atomic E-state index is 1.13. The second-order valence-electron chi connectivity index (χ2n) is 23.7. The molecule has 0 unspecified atom stereocenters. The van der Waals surface area contributed by atoms with Crippen LogP contribution in [-0.2, 0) is 90.2 Å². The van der Waals surface area contributed by atoms with Gasteiger partial charge in [0.1, 0.15) is 195 Å². The number of hydrogen-bond donors (Lipinski definition) is 24. The maximum Gasteiger partial charge on any atom is 0.306 e. The summed E-state index contributed by atoms with van der Waals surface area (Å²) in [5.74, 6) is -5.05. The standard InChI is InChI=1S/C51H80O43/c52-4-12-39-26(69)34(77)50(85-12)94-43-16(8-56)86-51(35(78)27(43)70)93-42-15(7-55)83-48(32(75)24(42)67)89-38-11(3-19(61)62)81-46(30(73)22(38)65)91-40-13(5-53)84-49(33(76)25(40)68)92-41-14(6-54)82-47(31(74)23(41)66)88-37-10(2-18(59)60)79-44(28(71)20(37)63)87-36-9(1-17(57)58)80-45(90-39)29(72)21(36)64/h9-16,20-56,63-78H,1-8H2,(H,57,58)(H,59,60)(H,61,62)/t9-,10-,11-,12-,13-,14-,15-,16-,20-,21-,22-,23-,24-,25-,26-,27-,28-,29-,30-,31-,32-,33-,34-,35-,36-,37-,38-,39-,40-,41-,42-,43-,44-,45-,46-,47-,48-,49-,50-,51-/m1/s1. The van der Waals surface area contributed by atoms with E-state index in [2.05, 4.69) is 0 Å². The highest BCUT2D eigenvalue weighted by Crippen LogP contribution is 2.40. The molecule has 30 rings (SSSR count). The molecule has 0 spiro atoms. The molecule has 43 heteroatoms. The van der Waals surface area contributed by atoms with E-state index < -0.39 is 316 Å². The molecule has 0 aliphatic carbocycles. The van der Waals surface area contributed by atoms with Crippen LogP contribution in [0.1, 0.15) is 19.3 Å². The van der Waals surface area contributed by atoms with Gasteiger partial charge in [-0.3, -0.25) is 14.4 Å². The van der Waals surface area contributed by atoms with Crippen molar-refractivity contribution in [3.05, 3.63) is 0 Å². The molecule has 30 aliphatic heterocycles. The maximum absolute atomic E-state index is 12.2. The van der Waals surface area contributed by atoms with Gasteiger partial charge in [-0.1, -0.05) is 0 Å². The summed E-state index contributed by atoms with van der Waals surface area (Å²) in [7, 11) is 0. The molecule has 16 bridgehead atoms. The van der Waals surface area contributed by atoms with E-state index in [1.54, 1.807) is 0 Å². The second kappa shape index (κ2) is 31.6. The normalized spacial score (nSPS) is 52.4. The van der Waals surface area contributed by atoms with E-state index in [4.69, 9.17) is 75.8 Å². The summed E-state index contributed by atoms with van der Waals surface area (Å²) in [6.07, 6.45) is -90.6. The van der Waals surface area contributed by atoms with Crippen molar-refractivity contribution < 1.29 is 213 Å². The third-order valence-corrected chi connectivity index (χ3v) is 17.5. The highest BCUT2D eigenvalue weighted by molar-refractivity contribution is 5.68. The first kappa shape index (κ1) is 75.1. The Morgan fingerprint density at radius 2 is 0.309 bits per heavy atom. The molecule has 30 heterocycles. The molecular formula is C51H80O43. The number of ether oxygens (including phenoxy) is 16. The zero-order chi connectivity index (χ0) is 68.8. The van der Waals surface area contributed by atoms with E-state index in [-0.39, 0.29) is 0 Å². The second-order valence-corrected chi connectivity index (χ2v) is 23.7. The number of hydrogen-bond acceptors (Lipinski definition) is 40. The number of carboxylic acid groups (broad SMARTS) is 3. The Morgan fingerprint density at radius 1 is 0.191 bits per heavy atom. The summed E-state index contributed by atoms with van der Waals surface area (Å²) >= 11 is 0. The number of aliphatic hydroxyl groups is 21. The molecule has 0 aromatic carbocycles. The van der Waals surface area contributed by atoms with Gasteiger partial charge in [0.25, 0.3) is 0 Å². The van der Waals surface area contributed by atoms with Crippen LogP contribution >= 0.6 is 0 Å². The molecule has 542 valence electrons. The molecule has 0 aromatic rings. The molecule has 24 N–H and O–H groups in total. The van der Waals surface area contributed by atoms with Gasteiger partial charge in [-0.2, -0.15) is 0 Å². The predicted octanol–water partition coefficient (Wildman–Crippen LogP) is -16.0. The topological polar surface area (TPSA) is 684 Å². The summed E-state index contributed by atoms with van der Waals surface area (Å²) in [5, 5.41) is 265. The fourth-order valence-corrected chi connectivity index (χ4v) is 12.5. The van der Waals surface area contributed by atoms with Gasteiger partial charge in [0, 0.05) is 0 Å². The number of aliphatic carboxylic acids is 3. The zero-order valence-electron chi connectivity index (χ0n) is 48.7. The Hall–Kier alpha value is -3.07. The van der Waals surface area contributed by atoms with Gasteiger partial charge in [0.05, 0.1) is 52.3 Å². The van der Waals surface area contributed by atoms with Crippen LogP contribution in [-0.4, -0.2) is 419 Å². The van der Waals surface area contributed by atoms with E-state index in [1.807, 2.05) is 0 Å². The number of aliphatic hydroxyl groups excluding tert-OH is 21. The first-order valence-electron chi connectivity index (χ1n) is 29.5. The Morgan fingerprint density at radius 3 is 0.426 bits per heavy atom. The summed E-state index contributed by atoms with van der Waals surface area (Å²) in [4.78, 5) is 36.7. The van der Waals surface area contributed by atoms with Gasteiger partial charge >= 0.3 is 17.9 Å². The smallest absolute Gasteiger partial charge is 0.306 e. The summed E-state index contributed by atoms with van der Waals surface area (Å²) in [5.41, 5.74) is 0. The first-order valence-corrected chi connectivity index (χ1v) is 29.5. The van der Waals surface area contributed by atoms with Crippen LogP contribution in [0.2, 0.25) is 0 Å². The van der Waals surface area contributed by atoms with E-state index in [9.17, 15) is 137 Å². The van der Waals surface area contributed by atoms with Crippen molar-refractivity contribution in [2.24, 2.45) is 0 Å². The molecule has 0 radical (unpaired) electrons. The van der Waals surface area contributed by atoms with Crippen LogP contribution in [0.3, 0.4) is 0 Å². The molecular weight excluding hydrogens is 1300 g/mol. The van der Waals surface area contributed by atoms with Crippen molar-refractivity contribution in [2.45, 2.75) is 265 Å². The van der Waals surface area contributed by atoms with Gasteiger partial charge in [0.2, 0.25) is 0 Å². The predicted molar refractivity (Wildman–Crippen MR) is 277 cm³/mol. The quantitative estimate of drug-likeness (QED) is 0.0913. The van der Waals surface area contributed by atoms with Crippen molar-refractivity contribution >= 4 is 17.9 Å². The van der Waals surface area contributed by atoms with E-state index >= 15 is 0 Å². The van der Waals surface area contributed by atoms with Gasteiger partial charge < -0.3 is 198 Å². The lowest BCUT2D eigenvalue weighted by Gasteiger charge is -2.50. The monoisotopic (exact) mass is 1380 g/mol. The molecule has 0 aromatic heterocycles. The molecule has 0 amide bonds. The molecule has 30 saturated heterocycles. The van der Waals surface area contributed by atoms with Crippen molar-refractivity contribution in [1.29, 1.82) is 0 Å². The molecule has 40 atom stereocenters. The van der Waals surface area contributed by atoms with E-state index in [0.29, 0.717) is 0 Å². The third-order valence-electron chi connectivity index (χ3n) is 17.5. The minimum atomic E-state index is -2.43. The van der Waals surface area contributed by atoms with Gasteiger partial charge in [-0.05, 0) is 0 Å². The molecule has 43 nitrogen and oxygen atoms in total. The van der Waals surface area contributed by atoms with Crippen molar-refractivity contribution in [3.63, 3.8) is 0 Å². The van der Waals surface area contributed by atoms with Gasteiger partial charge in [-0.15, -0.1) is 0 Å². The Balaban J connectivity index is 1.01. The Kier molecular flexibility index (Phi) is 25.3. The lowest BCUT2D eigenvalue weighted by Crippen LogP contribution is -2.69.